The maximum atomic E-state index is 11.8. The van der Waals surface area contributed by atoms with Crippen LogP contribution in [0.3, 0.4) is 0 Å². The minimum Gasteiger partial charge on any atom is -0.380 e. The molecule has 0 spiro atoms. The summed E-state index contributed by atoms with van der Waals surface area (Å²) >= 11 is 1.19. The molecular weight excluding hydrogens is 228 g/mol. The lowest BCUT2D eigenvalue weighted by Gasteiger charge is -2.08. The predicted molar refractivity (Wildman–Crippen MR) is 60.5 cm³/mol. The third-order valence-corrected chi connectivity index (χ3v) is 3.22. The molecule has 6 nitrogen and oxygen atoms in total. The Bertz CT molecular complexity index is 381. The molecule has 1 saturated heterocycles. The summed E-state index contributed by atoms with van der Waals surface area (Å²) in [5.74, 6) is 0.602. The Labute approximate surface area is 97.6 Å². The number of aryl methyl sites for hydroxylation is 1. The number of carbonyl (C=O) groups is 1. The van der Waals surface area contributed by atoms with E-state index in [2.05, 4.69) is 20.0 Å². The van der Waals surface area contributed by atoms with Gasteiger partial charge in [0.15, 0.2) is 0 Å². The summed E-state index contributed by atoms with van der Waals surface area (Å²) in [6.07, 6.45) is 0.812. The van der Waals surface area contributed by atoms with Crippen LogP contribution in [-0.4, -0.2) is 41.1 Å². The van der Waals surface area contributed by atoms with Gasteiger partial charge < -0.3 is 10.1 Å². The zero-order valence-corrected chi connectivity index (χ0v) is 10.0. The van der Waals surface area contributed by atoms with E-state index in [-0.39, 0.29) is 18.1 Å². The number of rotatable bonds is 3. The normalized spacial score (nSPS) is 24.6. The minimum absolute atomic E-state index is 0.0734. The van der Waals surface area contributed by atoms with E-state index in [4.69, 9.17) is 4.74 Å². The number of ether oxygens (including phenoxy) is 1. The molecule has 0 bridgehead atoms. The second kappa shape index (κ2) is 4.86. The van der Waals surface area contributed by atoms with Crippen molar-refractivity contribution in [3.8, 4) is 0 Å². The molecule has 1 aliphatic rings. The van der Waals surface area contributed by atoms with Crippen molar-refractivity contribution in [2.75, 3.05) is 19.0 Å². The lowest BCUT2D eigenvalue weighted by Crippen LogP contribution is -2.35. The summed E-state index contributed by atoms with van der Waals surface area (Å²) in [6, 6.07) is -0.200. The molecule has 0 saturated carbocycles. The predicted octanol–water partition coefficient (Wildman–Crippen LogP) is 0.162. The summed E-state index contributed by atoms with van der Waals surface area (Å²) < 4.78 is 9.18. The van der Waals surface area contributed by atoms with E-state index in [9.17, 15) is 4.79 Å². The van der Waals surface area contributed by atoms with Crippen molar-refractivity contribution < 1.29 is 9.53 Å². The number of carbonyl (C=O) groups excluding carboxylic acids is 1. The van der Waals surface area contributed by atoms with E-state index in [0.29, 0.717) is 23.9 Å². The van der Waals surface area contributed by atoms with Crippen LogP contribution < -0.4 is 10.6 Å². The van der Waals surface area contributed by atoms with Crippen molar-refractivity contribution in [3.05, 3.63) is 5.82 Å². The van der Waals surface area contributed by atoms with E-state index in [1.54, 1.807) is 14.0 Å². The average Bonchev–Trinajstić information content (AvgIpc) is 2.87. The molecule has 1 aliphatic heterocycles. The molecule has 1 amide bonds. The largest absolute Gasteiger partial charge is 0.380 e. The average molecular weight is 242 g/mol. The Hall–Kier alpha value is -1.05. The van der Waals surface area contributed by atoms with Crippen LogP contribution in [0.2, 0.25) is 0 Å². The Balaban J connectivity index is 1.89. The molecule has 2 atom stereocenters. The second-order valence-electron chi connectivity index (χ2n) is 3.69. The third-order valence-electron chi connectivity index (χ3n) is 2.50. The summed E-state index contributed by atoms with van der Waals surface area (Å²) in [5, 5.41) is 6.39. The first kappa shape index (κ1) is 11.4. The van der Waals surface area contributed by atoms with Gasteiger partial charge in [-0.2, -0.15) is 4.37 Å². The maximum Gasteiger partial charge on any atom is 0.243 e. The highest BCUT2D eigenvalue weighted by molar-refractivity contribution is 7.09. The van der Waals surface area contributed by atoms with Gasteiger partial charge in [-0.15, -0.1) is 0 Å². The molecule has 1 aromatic heterocycles. The van der Waals surface area contributed by atoms with Gasteiger partial charge in [-0.1, -0.05) is 0 Å². The van der Waals surface area contributed by atoms with Gasteiger partial charge >= 0.3 is 0 Å². The fourth-order valence-corrected chi connectivity index (χ4v) is 2.20. The Morgan fingerprint density at radius 2 is 2.50 bits per heavy atom. The molecule has 2 N–H and O–H groups in total. The fraction of sp³-hybridized carbons (Fsp3) is 0.667. The molecule has 88 valence electrons. The molecule has 0 radical (unpaired) electrons. The number of anilines is 1. The molecule has 0 aliphatic carbocycles. The summed E-state index contributed by atoms with van der Waals surface area (Å²) in [4.78, 5) is 15.9. The Kier molecular flexibility index (Phi) is 3.47. The number of nitrogens with one attached hydrogen (secondary N) is 2. The molecule has 1 aromatic rings. The highest BCUT2D eigenvalue weighted by Gasteiger charge is 2.29. The van der Waals surface area contributed by atoms with Gasteiger partial charge in [0.05, 0.1) is 12.1 Å². The van der Waals surface area contributed by atoms with Crippen molar-refractivity contribution in [3.63, 3.8) is 0 Å². The van der Waals surface area contributed by atoms with Crippen LogP contribution in [0.1, 0.15) is 12.2 Å². The number of hydrogen-bond acceptors (Lipinski definition) is 6. The summed E-state index contributed by atoms with van der Waals surface area (Å²) in [5.41, 5.74) is 0. The van der Waals surface area contributed by atoms with Gasteiger partial charge in [0, 0.05) is 25.2 Å². The van der Waals surface area contributed by atoms with Gasteiger partial charge in [-0.05, 0) is 13.3 Å². The molecule has 2 rings (SSSR count). The number of aromatic nitrogens is 2. The quantitative estimate of drug-likeness (QED) is 0.789. The van der Waals surface area contributed by atoms with Crippen LogP contribution in [-0.2, 0) is 9.53 Å². The highest BCUT2D eigenvalue weighted by atomic mass is 32.1. The standard InChI is InChI=1S/C9H14N4O2S/c1-5-11-9(16-13-5)12-8(14)7-3-6(15-2)4-10-7/h6-7,10H,3-4H2,1-2H3,(H,11,12,13,14). The van der Waals surface area contributed by atoms with Crippen molar-refractivity contribution in [2.24, 2.45) is 0 Å². The molecule has 2 heterocycles. The van der Waals surface area contributed by atoms with Crippen LogP contribution in [0.25, 0.3) is 0 Å². The van der Waals surface area contributed by atoms with Gasteiger partial charge in [-0.25, -0.2) is 4.98 Å². The van der Waals surface area contributed by atoms with Crippen LogP contribution >= 0.6 is 11.5 Å². The first-order valence-corrected chi connectivity index (χ1v) is 5.83. The lowest BCUT2D eigenvalue weighted by atomic mass is 10.2. The number of hydrogen-bond donors (Lipinski definition) is 2. The van der Waals surface area contributed by atoms with E-state index < -0.39 is 0 Å². The third kappa shape index (κ3) is 2.55. The van der Waals surface area contributed by atoms with E-state index >= 15 is 0 Å². The van der Waals surface area contributed by atoms with E-state index in [0.717, 1.165) is 0 Å². The molecule has 16 heavy (non-hydrogen) atoms. The molecule has 2 unspecified atom stereocenters. The molecule has 1 fully saturated rings. The van der Waals surface area contributed by atoms with Crippen molar-refractivity contribution in [1.29, 1.82) is 0 Å². The number of nitrogens with zero attached hydrogens (tertiary/aromatic N) is 2. The van der Waals surface area contributed by atoms with Crippen molar-refractivity contribution >= 4 is 22.6 Å². The monoisotopic (exact) mass is 242 g/mol. The Morgan fingerprint density at radius 3 is 3.06 bits per heavy atom. The SMILES string of the molecule is COC1CNC(C(=O)Nc2nc(C)ns2)C1. The first-order valence-electron chi connectivity index (χ1n) is 5.06. The smallest absolute Gasteiger partial charge is 0.243 e. The topological polar surface area (TPSA) is 76.1 Å². The summed E-state index contributed by atoms with van der Waals surface area (Å²) in [6.45, 7) is 2.50. The zero-order valence-electron chi connectivity index (χ0n) is 9.19. The van der Waals surface area contributed by atoms with Gasteiger partial charge in [-0.3, -0.25) is 10.1 Å². The summed E-state index contributed by atoms with van der Waals surface area (Å²) in [7, 11) is 1.65. The van der Waals surface area contributed by atoms with Gasteiger partial charge in [0.2, 0.25) is 11.0 Å². The number of methoxy groups -OCH3 is 1. The molecular formula is C9H14N4O2S. The van der Waals surface area contributed by atoms with E-state index in [1.165, 1.54) is 11.5 Å². The first-order chi connectivity index (χ1) is 7.69. The van der Waals surface area contributed by atoms with Crippen LogP contribution in [0.5, 0.6) is 0 Å². The zero-order chi connectivity index (χ0) is 11.5. The van der Waals surface area contributed by atoms with E-state index in [1.807, 2.05) is 0 Å². The minimum atomic E-state index is -0.200. The fourth-order valence-electron chi connectivity index (χ4n) is 1.62. The Morgan fingerprint density at radius 1 is 1.69 bits per heavy atom. The highest BCUT2D eigenvalue weighted by Crippen LogP contribution is 2.14. The second-order valence-corrected chi connectivity index (χ2v) is 4.44. The van der Waals surface area contributed by atoms with Crippen LogP contribution in [0.15, 0.2) is 0 Å². The van der Waals surface area contributed by atoms with Crippen molar-refractivity contribution in [1.82, 2.24) is 14.7 Å². The van der Waals surface area contributed by atoms with Gasteiger partial charge in [0.1, 0.15) is 5.82 Å². The van der Waals surface area contributed by atoms with Crippen molar-refractivity contribution in [2.45, 2.75) is 25.5 Å². The van der Waals surface area contributed by atoms with Gasteiger partial charge in [0.25, 0.3) is 0 Å². The lowest BCUT2D eigenvalue weighted by molar-refractivity contribution is -0.118. The molecule has 0 aromatic carbocycles. The molecule has 7 heteroatoms. The van der Waals surface area contributed by atoms with Crippen LogP contribution in [0.4, 0.5) is 5.13 Å². The maximum absolute atomic E-state index is 11.8. The van der Waals surface area contributed by atoms with Crippen LogP contribution in [0, 0.1) is 6.92 Å². The number of amides is 1.